The summed E-state index contributed by atoms with van der Waals surface area (Å²) in [6, 6.07) is 4.09. The summed E-state index contributed by atoms with van der Waals surface area (Å²) in [5, 5.41) is 11.3. The van der Waals surface area contributed by atoms with E-state index >= 15 is 0 Å². The Balaban J connectivity index is 1.53. The van der Waals surface area contributed by atoms with Crippen molar-refractivity contribution in [2.75, 3.05) is 26.2 Å². The molecule has 4 atom stereocenters. The van der Waals surface area contributed by atoms with Gasteiger partial charge in [-0.3, -0.25) is 24.0 Å². The van der Waals surface area contributed by atoms with E-state index in [1.807, 2.05) is 52.0 Å². The molecule has 2 heterocycles. The average Bonchev–Trinajstić information content (AvgIpc) is 3.73. The SMILES string of the molecule is CCCCC(NC(=O)[C@@H]1C=CCN1C(=O)[C@@H](NC(=O)N[C@H](CN1CCCCC1=O)C(C)(C)C)C1Cc2ccccc2C1)C(=O)C(=O)NCC. The minimum absolute atomic E-state index is 0.0787. The quantitative estimate of drug-likeness (QED) is 0.175. The Morgan fingerprint density at radius 2 is 1.65 bits per heavy atom. The van der Waals surface area contributed by atoms with Crippen molar-refractivity contribution in [3.8, 4) is 0 Å². The van der Waals surface area contributed by atoms with E-state index in [2.05, 4.69) is 21.3 Å². The number of likely N-dealkylation sites (N-methyl/N-ethyl adjacent to an activating group) is 1. The van der Waals surface area contributed by atoms with Crippen LogP contribution in [0.4, 0.5) is 4.79 Å². The van der Waals surface area contributed by atoms with Crippen LogP contribution in [-0.4, -0.2) is 95.6 Å². The summed E-state index contributed by atoms with van der Waals surface area (Å²) >= 11 is 0. The van der Waals surface area contributed by atoms with Crippen LogP contribution in [0.25, 0.3) is 0 Å². The van der Waals surface area contributed by atoms with Gasteiger partial charge in [0.05, 0.1) is 12.1 Å². The molecule has 0 saturated carbocycles. The maximum absolute atomic E-state index is 14.4. The van der Waals surface area contributed by atoms with Crippen LogP contribution < -0.4 is 21.3 Å². The van der Waals surface area contributed by atoms with Crippen LogP contribution in [0.2, 0.25) is 0 Å². The summed E-state index contributed by atoms with van der Waals surface area (Å²) in [6.45, 7) is 11.1. The number of rotatable bonds is 14. The van der Waals surface area contributed by atoms with E-state index in [1.165, 1.54) is 4.90 Å². The molecule has 0 aromatic heterocycles. The first kappa shape index (κ1) is 37.6. The summed E-state index contributed by atoms with van der Waals surface area (Å²) in [7, 11) is 0. The number of piperidine rings is 1. The van der Waals surface area contributed by atoms with Crippen LogP contribution in [-0.2, 0) is 36.8 Å². The molecular formula is C37H54N6O6. The number of urea groups is 1. The Labute approximate surface area is 290 Å². The number of carbonyl (C=O) groups is 6. The van der Waals surface area contributed by atoms with Gasteiger partial charge in [0, 0.05) is 32.6 Å². The van der Waals surface area contributed by atoms with Gasteiger partial charge >= 0.3 is 6.03 Å². The van der Waals surface area contributed by atoms with E-state index in [4.69, 9.17) is 0 Å². The van der Waals surface area contributed by atoms with Crippen molar-refractivity contribution in [1.82, 2.24) is 31.1 Å². The number of fused-ring (bicyclic) bond motifs is 1. The molecular weight excluding hydrogens is 624 g/mol. The number of benzene rings is 1. The van der Waals surface area contributed by atoms with Gasteiger partial charge < -0.3 is 31.1 Å². The number of likely N-dealkylation sites (tertiary alicyclic amines) is 1. The number of Topliss-reactive ketones (excluding diaryl/α,β-unsaturated/α-hetero) is 1. The second-order valence-electron chi connectivity index (χ2n) is 14.5. The first-order valence-electron chi connectivity index (χ1n) is 17.8. The Hall–Kier alpha value is -4.22. The van der Waals surface area contributed by atoms with Crippen LogP contribution >= 0.6 is 0 Å². The summed E-state index contributed by atoms with van der Waals surface area (Å²) < 4.78 is 0. The molecule has 1 saturated heterocycles. The van der Waals surface area contributed by atoms with Crippen molar-refractivity contribution < 1.29 is 28.8 Å². The highest BCUT2D eigenvalue weighted by Crippen LogP contribution is 2.30. The Morgan fingerprint density at radius 1 is 0.959 bits per heavy atom. The van der Waals surface area contributed by atoms with Crippen molar-refractivity contribution in [3.63, 3.8) is 0 Å². The van der Waals surface area contributed by atoms with Gasteiger partial charge in [-0.05, 0) is 61.5 Å². The second kappa shape index (κ2) is 16.9. The van der Waals surface area contributed by atoms with Gasteiger partial charge in [-0.2, -0.15) is 0 Å². The Morgan fingerprint density at radius 3 is 2.27 bits per heavy atom. The fourth-order valence-electron chi connectivity index (χ4n) is 6.86. The van der Waals surface area contributed by atoms with Gasteiger partial charge in [-0.15, -0.1) is 0 Å². The number of amides is 6. The number of ketones is 1. The Bertz CT molecular complexity index is 1390. The van der Waals surface area contributed by atoms with Crippen molar-refractivity contribution >= 4 is 35.4 Å². The lowest BCUT2D eigenvalue weighted by atomic mass is 9.86. The highest BCUT2D eigenvalue weighted by atomic mass is 16.2. The van der Waals surface area contributed by atoms with Gasteiger partial charge in [0.1, 0.15) is 12.1 Å². The molecule has 1 aromatic carbocycles. The molecule has 12 nitrogen and oxygen atoms in total. The first-order chi connectivity index (χ1) is 23.3. The van der Waals surface area contributed by atoms with Gasteiger partial charge in [0.15, 0.2) is 0 Å². The van der Waals surface area contributed by atoms with Gasteiger partial charge in [-0.1, -0.05) is 77.0 Å². The highest BCUT2D eigenvalue weighted by molar-refractivity contribution is 6.38. The van der Waals surface area contributed by atoms with Gasteiger partial charge in [0.2, 0.25) is 23.5 Å². The predicted molar refractivity (Wildman–Crippen MR) is 186 cm³/mol. The van der Waals surface area contributed by atoms with Crippen molar-refractivity contribution in [2.24, 2.45) is 11.3 Å². The van der Waals surface area contributed by atoms with E-state index in [9.17, 15) is 28.8 Å². The third kappa shape index (κ3) is 9.70. The summed E-state index contributed by atoms with van der Waals surface area (Å²) in [4.78, 5) is 83.0. The number of hydrogen-bond donors (Lipinski definition) is 4. The molecule has 0 radical (unpaired) electrons. The molecule has 1 aromatic rings. The zero-order chi connectivity index (χ0) is 35.7. The highest BCUT2D eigenvalue weighted by Gasteiger charge is 2.42. The van der Waals surface area contributed by atoms with Gasteiger partial charge in [0.25, 0.3) is 5.91 Å². The summed E-state index contributed by atoms with van der Waals surface area (Å²) in [5.41, 5.74) is 1.85. The molecule has 0 bridgehead atoms. The summed E-state index contributed by atoms with van der Waals surface area (Å²) in [5.74, 6) is -2.62. The maximum Gasteiger partial charge on any atom is 0.315 e. The lowest BCUT2D eigenvalue weighted by molar-refractivity contribution is -0.142. The molecule has 1 aliphatic carbocycles. The molecule has 4 rings (SSSR count). The van der Waals surface area contributed by atoms with Crippen molar-refractivity contribution in [2.45, 2.75) is 110 Å². The second-order valence-corrected chi connectivity index (χ2v) is 14.5. The number of nitrogens with zero attached hydrogens (tertiary/aromatic N) is 2. The lowest BCUT2D eigenvalue weighted by Gasteiger charge is -2.38. The van der Waals surface area contributed by atoms with E-state index in [-0.39, 0.29) is 36.4 Å². The zero-order valence-corrected chi connectivity index (χ0v) is 29.7. The van der Waals surface area contributed by atoms with Crippen molar-refractivity contribution in [3.05, 3.63) is 47.5 Å². The topological polar surface area (TPSA) is 157 Å². The lowest BCUT2D eigenvalue weighted by Crippen LogP contribution is -2.61. The van der Waals surface area contributed by atoms with Crippen LogP contribution in [0.3, 0.4) is 0 Å². The Kier molecular flexibility index (Phi) is 13.0. The maximum atomic E-state index is 14.4. The smallest absolute Gasteiger partial charge is 0.315 e. The minimum Gasteiger partial charge on any atom is -0.350 e. The average molecular weight is 679 g/mol. The van der Waals surface area contributed by atoms with E-state index in [1.54, 1.807) is 24.0 Å². The third-order valence-electron chi connectivity index (χ3n) is 9.83. The fraction of sp³-hybridized carbons (Fsp3) is 0.622. The standard InChI is InChI=1S/C37H54N6O6/c1-6-8-16-27(32(45)34(47)38-7-2)39-33(46)28-17-13-20-43(28)35(48)31(26-21-24-14-9-10-15-25(24)22-26)41-36(49)40-29(37(3,4)5)23-42-19-12-11-18-30(42)44/h9-10,13-15,17,26-29,31H,6-8,11-12,16,18-23H2,1-5H3,(H,38,47)(H,39,46)(H2,40,41,49)/t27?,28-,29+,31-/m0/s1. The number of hydrogen-bond acceptors (Lipinski definition) is 6. The van der Waals surface area contributed by atoms with Crippen molar-refractivity contribution in [1.29, 1.82) is 0 Å². The van der Waals surface area contributed by atoms with E-state index in [0.29, 0.717) is 45.2 Å². The molecule has 3 aliphatic rings. The largest absolute Gasteiger partial charge is 0.350 e. The number of unbranched alkanes of at least 4 members (excludes halogenated alkanes) is 1. The minimum atomic E-state index is -1.02. The molecule has 12 heteroatoms. The normalized spacial score (nSPS) is 19.5. The zero-order valence-electron chi connectivity index (χ0n) is 29.7. The molecule has 268 valence electrons. The van der Waals surface area contributed by atoms with Crippen LogP contribution in [0.5, 0.6) is 0 Å². The molecule has 1 unspecified atom stereocenters. The molecule has 49 heavy (non-hydrogen) atoms. The van der Waals surface area contributed by atoms with E-state index < -0.39 is 47.7 Å². The molecule has 4 N–H and O–H groups in total. The number of nitrogens with one attached hydrogen (secondary N) is 4. The van der Waals surface area contributed by atoms with Crippen LogP contribution in [0.15, 0.2) is 36.4 Å². The fourth-order valence-corrected chi connectivity index (χ4v) is 6.86. The predicted octanol–water partition coefficient (Wildman–Crippen LogP) is 2.64. The monoisotopic (exact) mass is 678 g/mol. The first-order valence-corrected chi connectivity index (χ1v) is 17.8. The van der Waals surface area contributed by atoms with Crippen LogP contribution in [0.1, 0.15) is 84.3 Å². The third-order valence-corrected chi connectivity index (χ3v) is 9.83. The molecule has 6 amide bonds. The van der Waals surface area contributed by atoms with Gasteiger partial charge in [-0.25, -0.2) is 4.79 Å². The van der Waals surface area contributed by atoms with Crippen LogP contribution in [0, 0.1) is 11.3 Å². The summed E-state index contributed by atoms with van der Waals surface area (Å²) in [6.07, 6.45) is 8.48. The van der Waals surface area contributed by atoms with E-state index in [0.717, 1.165) is 30.4 Å². The molecule has 2 aliphatic heterocycles. The molecule has 0 spiro atoms. The number of carbonyl (C=O) groups excluding carboxylic acids is 6. The molecule has 1 fully saturated rings.